The predicted molar refractivity (Wildman–Crippen MR) is 150 cm³/mol. The molecule has 3 saturated heterocycles. The largest absolute Gasteiger partial charge is 0.495 e. The van der Waals surface area contributed by atoms with Gasteiger partial charge >= 0.3 is 13.2 Å². The Balaban J connectivity index is 1.63. The van der Waals surface area contributed by atoms with Crippen LogP contribution in [0.1, 0.15) is 65.2 Å². The van der Waals surface area contributed by atoms with Gasteiger partial charge in [0.25, 0.3) is 0 Å². The Labute approximate surface area is 224 Å². The van der Waals surface area contributed by atoms with Crippen LogP contribution in [0.4, 0.5) is 10.5 Å². The summed E-state index contributed by atoms with van der Waals surface area (Å²) in [6.07, 6.45) is -0.231. The zero-order valence-electron chi connectivity index (χ0n) is 24.5. The van der Waals surface area contributed by atoms with Crippen molar-refractivity contribution in [2.24, 2.45) is 0 Å². The highest BCUT2D eigenvalue weighted by molar-refractivity contribution is 6.63. The van der Waals surface area contributed by atoms with Crippen LogP contribution in [0.25, 0.3) is 0 Å². The molecular formula is C28H47BN4O4. The van der Waals surface area contributed by atoms with Crippen molar-refractivity contribution >= 4 is 24.4 Å². The minimum atomic E-state index is -0.489. The van der Waals surface area contributed by atoms with Crippen LogP contribution < -0.4 is 15.7 Å². The number of anilines is 1. The number of nitrogens with zero attached hydrogens (tertiary/aromatic N) is 3. The van der Waals surface area contributed by atoms with E-state index in [4.69, 9.17) is 14.0 Å². The van der Waals surface area contributed by atoms with E-state index in [0.717, 1.165) is 51.3 Å². The van der Waals surface area contributed by atoms with Crippen LogP contribution >= 0.6 is 0 Å². The van der Waals surface area contributed by atoms with Crippen molar-refractivity contribution in [2.75, 3.05) is 57.3 Å². The van der Waals surface area contributed by atoms with Crippen molar-refractivity contribution in [3.8, 4) is 0 Å². The number of carbonyl (C=O) groups excluding carboxylic acids is 1. The van der Waals surface area contributed by atoms with Gasteiger partial charge in [0.05, 0.1) is 11.2 Å². The molecule has 0 saturated carbocycles. The fraction of sp³-hybridized carbons (Fsp3) is 0.750. The lowest BCUT2D eigenvalue weighted by Gasteiger charge is -2.39. The molecule has 3 aliphatic rings. The Bertz CT molecular complexity index is 977. The summed E-state index contributed by atoms with van der Waals surface area (Å²) >= 11 is 0. The molecule has 3 fully saturated rings. The van der Waals surface area contributed by atoms with Crippen LogP contribution in [-0.2, 0) is 20.6 Å². The minimum Gasteiger partial charge on any atom is -0.444 e. The summed E-state index contributed by atoms with van der Waals surface area (Å²) in [7, 11) is -0.408. The molecule has 0 aliphatic carbocycles. The second-order valence-corrected chi connectivity index (χ2v) is 12.8. The lowest BCUT2D eigenvalue weighted by Crippen LogP contribution is -2.51. The predicted octanol–water partition coefficient (Wildman–Crippen LogP) is 3.06. The van der Waals surface area contributed by atoms with E-state index in [1.54, 1.807) is 0 Å². The van der Waals surface area contributed by atoms with E-state index in [2.05, 4.69) is 62.7 Å². The normalized spacial score (nSPS) is 22.5. The first-order valence-electron chi connectivity index (χ1n) is 13.8. The Morgan fingerprint density at radius 2 is 1.54 bits per heavy atom. The van der Waals surface area contributed by atoms with Crippen LogP contribution in [0.5, 0.6) is 0 Å². The van der Waals surface area contributed by atoms with E-state index < -0.39 is 23.9 Å². The molecule has 0 aromatic heterocycles. The number of nitrogens with one attached hydrogen (secondary N) is 1. The van der Waals surface area contributed by atoms with Crippen LogP contribution in [0, 0.1) is 13.8 Å². The first kappa shape index (κ1) is 28.2. The molecule has 3 heterocycles. The maximum absolute atomic E-state index is 12.7. The average Bonchev–Trinajstić information content (AvgIpc) is 3.02. The summed E-state index contributed by atoms with van der Waals surface area (Å²) in [5.41, 5.74) is 4.91. The Morgan fingerprint density at radius 1 is 0.973 bits per heavy atom. The maximum atomic E-state index is 12.7. The average molecular weight is 515 g/mol. The van der Waals surface area contributed by atoms with Crippen LogP contribution in [0.15, 0.2) is 6.07 Å². The van der Waals surface area contributed by atoms with Crippen molar-refractivity contribution in [1.29, 1.82) is 0 Å². The molecule has 1 amide bonds. The molecule has 9 heteroatoms. The Hall–Kier alpha value is -1.81. The highest BCUT2D eigenvalue weighted by Crippen LogP contribution is 2.38. The van der Waals surface area contributed by atoms with Gasteiger partial charge in [-0.25, -0.2) is 4.79 Å². The molecule has 0 radical (unpaired) electrons. The molecule has 8 nitrogen and oxygen atoms in total. The van der Waals surface area contributed by atoms with Gasteiger partial charge in [-0.3, -0.25) is 4.90 Å². The molecule has 4 rings (SSSR count). The van der Waals surface area contributed by atoms with Crippen molar-refractivity contribution in [3.63, 3.8) is 0 Å². The van der Waals surface area contributed by atoms with Crippen LogP contribution in [0.3, 0.4) is 0 Å². The zero-order chi connectivity index (χ0) is 27.2. The lowest BCUT2D eigenvalue weighted by atomic mass is 9.73. The summed E-state index contributed by atoms with van der Waals surface area (Å²) in [6.45, 7) is 26.4. The molecule has 37 heavy (non-hydrogen) atoms. The number of rotatable bonds is 4. The van der Waals surface area contributed by atoms with Gasteiger partial charge in [0.2, 0.25) is 0 Å². The quantitative estimate of drug-likeness (QED) is 0.620. The molecule has 1 N–H and O–H groups in total. The van der Waals surface area contributed by atoms with Crippen molar-refractivity contribution in [2.45, 2.75) is 85.7 Å². The zero-order valence-corrected chi connectivity index (χ0v) is 24.5. The van der Waals surface area contributed by atoms with E-state index in [1.165, 1.54) is 22.4 Å². The van der Waals surface area contributed by atoms with Gasteiger partial charge in [0.1, 0.15) is 5.60 Å². The Kier molecular flexibility index (Phi) is 7.93. The third-order valence-corrected chi connectivity index (χ3v) is 8.31. The van der Waals surface area contributed by atoms with Gasteiger partial charge in [0, 0.05) is 64.6 Å². The van der Waals surface area contributed by atoms with E-state index in [0.29, 0.717) is 13.1 Å². The molecule has 206 valence electrons. The maximum Gasteiger partial charge on any atom is 0.495 e. The SMILES string of the molecule is Cc1c(CN2CCNCC2)cc(B2OC(C)(C)C(C)(C)O2)c(C)c1N1CCN(C(=O)OC(C)(C)C)CC1. The number of piperazine rings is 2. The monoisotopic (exact) mass is 514 g/mol. The second-order valence-electron chi connectivity index (χ2n) is 12.8. The highest BCUT2D eigenvalue weighted by atomic mass is 16.7. The third kappa shape index (κ3) is 6.10. The van der Waals surface area contributed by atoms with Crippen molar-refractivity contribution in [1.82, 2.24) is 15.1 Å². The van der Waals surface area contributed by atoms with E-state index in [-0.39, 0.29) is 6.09 Å². The molecule has 0 unspecified atom stereocenters. The fourth-order valence-corrected chi connectivity index (χ4v) is 5.38. The number of ether oxygens (including phenoxy) is 1. The molecular weight excluding hydrogens is 467 g/mol. The summed E-state index contributed by atoms with van der Waals surface area (Å²) in [4.78, 5) is 19.4. The van der Waals surface area contributed by atoms with Gasteiger partial charge in [-0.15, -0.1) is 0 Å². The standard InChI is InChI=1S/C28H47BN4O4/c1-20-22(19-31-12-10-30-11-13-31)18-23(29-36-27(6,7)28(8,9)37-29)21(2)24(20)32-14-16-33(17-15-32)25(34)35-26(3,4)5/h18,30H,10-17,19H2,1-9H3. The summed E-state index contributed by atoms with van der Waals surface area (Å²) in [6, 6.07) is 2.31. The van der Waals surface area contributed by atoms with E-state index in [1.807, 2.05) is 25.7 Å². The molecule has 1 aromatic carbocycles. The molecule has 0 bridgehead atoms. The van der Waals surface area contributed by atoms with Gasteiger partial charge in [-0.2, -0.15) is 0 Å². The number of carbonyl (C=O) groups is 1. The summed E-state index contributed by atoms with van der Waals surface area (Å²) in [5, 5.41) is 3.46. The van der Waals surface area contributed by atoms with Crippen molar-refractivity contribution < 1.29 is 18.8 Å². The summed E-state index contributed by atoms with van der Waals surface area (Å²) in [5.74, 6) is 0. The topological polar surface area (TPSA) is 66.5 Å². The number of benzene rings is 1. The molecule has 3 aliphatic heterocycles. The van der Waals surface area contributed by atoms with Gasteiger partial charge in [-0.05, 0) is 84.5 Å². The van der Waals surface area contributed by atoms with Gasteiger partial charge in [-0.1, -0.05) is 6.07 Å². The molecule has 1 aromatic rings. The molecule has 0 atom stereocenters. The Morgan fingerprint density at radius 3 is 2.08 bits per heavy atom. The summed E-state index contributed by atoms with van der Waals surface area (Å²) < 4.78 is 18.7. The smallest absolute Gasteiger partial charge is 0.444 e. The third-order valence-electron chi connectivity index (χ3n) is 8.31. The van der Waals surface area contributed by atoms with Gasteiger partial charge < -0.3 is 29.2 Å². The van der Waals surface area contributed by atoms with E-state index in [9.17, 15) is 4.79 Å². The fourth-order valence-electron chi connectivity index (χ4n) is 5.38. The van der Waals surface area contributed by atoms with E-state index >= 15 is 0 Å². The number of amides is 1. The lowest BCUT2D eigenvalue weighted by molar-refractivity contribution is 0.00578. The van der Waals surface area contributed by atoms with Crippen molar-refractivity contribution in [3.05, 3.63) is 22.8 Å². The first-order chi connectivity index (χ1) is 17.2. The number of hydrogen-bond donors (Lipinski definition) is 1. The van der Waals surface area contributed by atoms with Crippen LogP contribution in [0.2, 0.25) is 0 Å². The van der Waals surface area contributed by atoms with Gasteiger partial charge in [0.15, 0.2) is 0 Å². The van der Waals surface area contributed by atoms with Crippen LogP contribution in [-0.4, -0.2) is 92.2 Å². The first-order valence-corrected chi connectivity index (χ1v) is 13.8. The molecule has 0 spiro atoms. The number of hydrogen-bond acceptors (Lipinski definition) is 7. The highest BCUT2D eigenvalue weighted by Gasteiger charge is 2.52. The second kappa shape index (κ2) is 10.4. The minimum absolute atomic E-state index is 0.231.